The molecule has 0 unspecified atom stereocenters. The molecule has 3 rings (SSSR count). The Morgan fingerprint density at radius 1 is 1.17 bits per heavy atom. The molecule has 0 bridgehead atoms. The molecule has 1 amide bonds. The van der Waals surface area contributed by atoms with Gasteiger partial charge in [0.15, 0.2) is 0 Å². The predicted molar refractivity (Wildman–Crippen MR) is 91.9 cm³/mol. The van der Waals surface area contributed by atoms with E-state index in [1.54, 1.807) is 30.9 Å². The number of carbonyl (C=O) groups excluding carboxylic acids is 1. The lowest BCUT2D eigenvalue weighted by atomic mass is 9.93. The SMILES string of the molecule is CC[C@@H](CC(=O)Nc1cnn(-c2ncccn2)c1)c1ccccc1. The number of aromatic nitrogens is 4. The van der Waals surface area contributed by atoms with Crippen LogP contribution >= 0.6 is 0 Å². The summed E-state index contributed by atoms with van der Waals surface area (Å²) >= 11 is 0. The van der Waals surface area contributed by atoms with Crippen LogP contribution in [0.5, 0.6) is 0 Å². The van der Waals surface area contributed by atoms with Gasteiger partial charge < -0.3 is 5.32 Å². The highest BCUT2D eigenvalue weighted by Gasteiger charge is 2.15. The molecule has 6 nitrogen and oxygen atoms in total. The zero-order chi connectivity index (χ0) is 16.8. The summed E-state index contributed by atoms with van der Waals surface area (Å²) in [7, 11) is 0. The molecule has 0 aliphatic heterocycles. The van der Waals surface area contributed by atoms with E-state index in [4.69, 9.17) is 0 Å². The number of nitrogens with zero attached hydrogens (tertiary/aromatic N) is 4. The van der Waals surface area contributed by atoms with Gasteiger partial charge in [-0.05, 0) is 24.0 Å². The maximum absolute atomic E-state index is 12.3. The summed E-state index contributed by atoms with van der Waals surface area (Å²) in [6, 6.07) is 11.8. The summed E-state index contributed by atoms with van der Waals surface area (Å²) in [6.07, 6.45) is 7.94. The highest BCUT2D eigenvalue weighted by atomic mass is 16.1. The van der Waals surface area contributed by atoms with Crippen molar-refractivity contribution in [1.82, 2.24) is 19.7 Å². The van der Waals surface area contributed by atoms with E-state index in [1.807, 2.05) is 18.2 Å². The highest BCUT2D eigenvalue weighted by Crippen LogP contribution is 2.23. The Balaban J connectivity index is 1.64. The molecular weight excluding hydrogens is 302 g/mol. The third-order valence-corrected chi connectivity index (χ3v) is 3.82. The average molecular weight is 321 g/mol. The van der Waals surface area contributed by atoms with Crippen LogP contribution in [0.15, 0.2) is 61.2 Å². The summed E-state index contributed by atoms with van der Waals surface area (Å²) in [5, 5.41) is 7.06. The number of benzene rings is 1. The predicted octanol–water partition coefficient (Wildman–Crippen LogP) is 3.18. The van der Waals surface area contributed by atoms with Crippen LogP contribution in [0.25, 0.3) is 5.95 Å². The molecule has 0 spiro atoms. The minimum Gasteiger partial charge on any atom is -0.323 e. The normalized spacial score (nSPS) is 11.9. The molecule has 0 radical (unpaired) electrons. The second-order valence-electron chi connectivity index (χ2n) is 5.49. The van der Waals surface area contributed by atoms with Crippen molar-refractivity contribution in [3.05, 3.63) is 66.7 Å². The zero-order valence-corrected chi connectivity index (χ0v) is 13.5. The maximum atomic E-state index is 12.3. The molecule has 0 aliphatic carbocycles. The van der Waals surface area contributed by atoms with Crippen LogP contribution in [0.4, 0.5) is 5.69 Å². The molecule has 1 atom stereocenters. The lowest BCUT2D eigenvalue weighted by molar-refractivity contribution is -0.116. The maximum Gasteiger partial charge on any atom is 0.250 e. The first-order valence-electron chi connectivity index (χ1n) is 7.93. The highest BCUT2D eigenvalue weighted by molar-refractivity contribution is 5.91. The Labute approximate surface area is 140 Å². The van der Waals surface area contributed by atoms with Crippen LogP contribution in [-0.2, 0) is 4.79 Å². The molecule has 3 aromatic rings. The van der Waals surface area contributed by atoms with E-state index in [-0.39, 0.29) is 11.8 Å². The van der Waals surface area contributed by atoms with Crippen molar-refractivity contribution >= 4 is 11.6 Å². The van der Waals surface area contributed by atoms with E-state index in [2.05, 4.69) is 39.4 Å². The topological polar surface area (TPSA) is 72.7 Å². The van der Waals surface area contributed by atoms with E-state index >= 15 is 0 Å². The fraction of sp³-hybridized carbons (Fsp3) is 0.222. The van der Waals surface area contributed by atoms with E-state index in [0.29, 0.717) is 18.1 Å². The van der Waals surface area contributed by atoms with Crippen molar-refractivity contribution in [3.8, 4) is 5.95 Å². The number of hydrogen-bond acceptors (Lipinski definition) is 4. The molecule has 1 aromatic carbocycles. The van der Waals surface area contributed by atoms with Crippen LogP contribution in [-0.4, -0.2) is 25.7 Å². The van der Waals surface area contributed by atoms with Gasteiger partial charge in [-0.15, -0.1) is 0 Å². The van der Waals surface area contributed by atoms with Gasteiger partial charge in [0.1, 0.15) is 0 Å². The van der Waals surface area contributed by atoms with E-state index in [9.17, 15) is 4.79 Å². The van der Waals surface area contributed by atoms with Gasteiger partial charge in [0, 0.05) is 18.8 Å². The fourth-order valence-corrected chi connectivity index (χ4v) is 2.57. The standard InChI is InChI=1S/C18H19N5O/c1-2-14(15-7-4-3-5-8-15)11-17(24)22-16-12-21-23(13-16)18-19-9-6-10-20-18/h3-10,12-14H,2,11H2,1H3,(H,22,24)/t14-/m0/s1. The van der Waals surface area contributed by atoms with Gasteiger partial charge in [0.05, 0.1) is 18.1 Å². The van der Waals surface area contributed by atoms with Crippen LogP contribution in [0.1, 0.15) is 31.2 Å². The van der Waals surface area contributed by atoms with Crippen molar-refractivity contribution in [1.29, 1.82) is 0 Å². The van der Waals surface area contributed by atoms with Crippen molar-refractivity contribution in [2.45, 2.75) is 25.7 Å². The van der Waals surface area contributed by atoms with Crippen LogP contribution < -0.4 is 5.32 Å². The first kappa shape index (κ1) is 15.9. The Morgan fingerprint density at radius 3 is 2.62 bits per heavy atom. The van der Waals surface area contributed by atoms with Gasteiger partial charge in [0.25, 0.3) is 0 Å². The second kappa shape index (κ2) is 7.50. The Hall–Kier alpha value is -3.02. The van der Waals surface area contributed by atoms with Crippen molar-refractivity contribution in [2.24, 2.45) is 0 Å². The van der Waals surface area contributed by atoms with Gasteiger partial charge >= 0.3 is 0 Å². The number of amides is 1. The second-order valence-corrected chi connectivity index (χ2v) is 5.49. The van der Waals surface area contributed by atoms with Crippen molar-refractivity contribution in [3.63, 3.8) is 0 Å². The van der Waals surface area contributed by atoms with Gasteiger partial charge in [-0.1, -0.05) is 37.3 Å². The molecule has 0 fully saturated rings. The molecule has 0 saturated heterocycles. The van der Waals surface area contributed by atoms with Gasteiger partial charge in [-0.2, -0.15) is 5.10 Å². The summed E-state index contributed by atoms with van der Waals surface area (Å²) in [5.41, 5.74) is 1.82. The summed E-state index contributed by atoms with van der Waals surface area (Å²) in [5.74, 6) is 0.645. The van der Waals surface area contributed by atoms with Gasteiger partial charge in [-0.3, -0.25) is 4.79 Å². The van der Waals surface area contributed by atoms with Crippen LogP contribution in [0.3, 0.4) is 0 Å². The summed E-state index contributed by atoms with van der Waals surface area (Å²) in [6.45, 7) is 2.09. The molecule has 2 aromatic heterocycles. The number of hydrogen-bond donors (Lipinski definition) is 1. The minimum atomic E-state index is -0.0285. The Morgan fingerprint density at radius 2 is 1.92 bits per heavy atom. The third-order valence-electron chi connectivity index (χ3n) is 3.82. The third kappa shape index (κ3) is 3.84. The van der Waals surface area contributed by atoms with Crippen molar-refractivity contribution in [2.75, 3.05) is 5.32 Å². The Kier molecular flexibility index (Phi) is 4.96. The largest absolute Gasteiger partial charge is 0.323 e. The molecule has 6 heteroatoms. The summed E-state index contributed by atoms with van der Waals surface area (Å²) < 4.78 is 1.53. The lowest BCUT2D eigenvalue weighted by Crippen LogP contribution is -2.15. The Bertz CT molecular complexity index is 785. The first-order chi connectivity index (χ1) is 11.8. The van der Waals surface area contributed by atoms with E-state index in [0.717, 1.165) is 6.42 Å². The lowest BCUT2D eigenvalue weighted by Gasteiger charge is -2.14. The molecule has 0 saturated carbocycles. The smallest absolute Gasteiger partial charge is 0.250 e. The van der Waals surface area contributed by atoms with Gasteiger partial charge in [-0.25, -0.2) is 14.6 Å². The molecule has 24 heavy (non-hydrogen) atoms. The van der Waals surface area contributed by atoms with E-state index in [1.165, 1.54) is 10.2 Å². The average Bonchev–Trinajstić information content (AvgIpc) is 3.09. The quantitative estimate of drug-likeness (QED) is 0.757. The van der Waals surface area contributed by atoms with Crippen molar-refractivity contribution < 1.29 is 4.79 Å². The number of rotatable bonds is 6. The summed E-state index contributed by atoms with van der Waals surface area (Å²) in [4.78, 5) is 20.6. The molecule has 1 N–H and O–H groups in total. The monoisotopic (exact) mass is 321 g/mol. The molecule has 0 aliphatic rings. The number of carbonyl (C=O) groups is 1. The first-order valence-corrected chi connectivity index (χ1v) is 7.93. The minimum absolute atomic E-state index is 0.0285. The van der Waals surface area contributed by atoms with E-state index < -0.39 is 0 Å². The zero-order valence-electron chi connectivity index (χ0n) is 13.5. The number of nitrogens with one attached hydrogen (secondary N) is 1. The molecular formula is C18H19N5O. The van der Waals surface area contributed by atoms with Crippen LogP contribution in [0, 0.1) is 0 Å². The van der Waals surface area contributed by atoms with Gasteiger partial charge in [0.2, 0.25) is 11.9 Å². The molecule has 2 heterocycles. The van der Waals surface area contributed by atoms with Crippen LogP contribution in [0.2, 0.25) is 0 Å². The fourth-order valence-electron chi connectivity index (χ4n) is 2.57. The number of anilines is 1. The molecule has 122 valence electrons.